The average Bonchev–Trinajstić information content (AvgIpc) is 3.16. The van der Waals surface area contributed by atoms with Gasteiger partial charge in [-0.15, -0.1) is 10.2 Å². The zero-order chi connectivity index (χ0) is 19.0. The van der Waals surface area contributed by atoms with Crippen molar-refractivity contribution < 1.29 is 0 Å². The minimum atomic E-state index is -0.589. The minimum absolute atomic E-state index is 0.177. The Bertz CT molecular complexity index is 1200. The molecule has 0 radical (unpaired) electrons. The molecule has 0 spiro atoms. The molecule has 2 aromatic heterocycles. The van der Waals surface area contributed by atoms with Gasteiger partial charge in [-0.3, -0.25) is 14.6 Å². The van der Waals surface area contributed by atoms with Crippen LogP contribution >= 0.6 is 43.2 Å². The van der Waals surface area contributed by atoms with Crippen molar-refractivity contribution in [3.8, 4) is 10.6 Å². The average molecular weight is 507 g/mol. The Labute approximate surface area is 173 Å². The smallest absolute Gasteiger partial charge is 0.253 e. The quantitative estimate of drug-likeness (QED) is 0.391. The fraction of sp³-hybridized carbons (Fsp3) is 0. The van der Waals surface area contributed by atoms with Gasteiger partial charge < -0.3 is 10.6 Å². The maximum atomic E-state index is 12.0. The van der Waals surface area contributed by atoms with Crippen molar-refractivity contribution in [2.45, 2.75) is 0 Å². The van der Waals surface area contributed by atoms with Crippen LogP contribution in [0.4, 0.5) is 22.2 Å². The maximum Gasteiger partial charge on any atom is 0.253 e. The van der Waals surface area contributed by atoms with E-state index in [1.165, 1.54) is 11.3 Å². The number of benzene rings is 1. The summed E-state index contributed by atoms with van der Waals surface area (Å²) in [7, 11) is 0. The highest BCUT2D eigenvalue weighted by Gasteiger charge is 2.22. The Morgan fingerprint density at radius 1 is 0.852 bits per heavy atom. The third-order valence-electron chi connectivity index (χ3n) is 3.68. The van der Waals surface area contributed by atoms with Crippen LogP contribution in [0.5, 0.6) is 0 Å². The summed E-state index contributed by atoms with van der Waals surface area (Å²) in [4.78, 5) is 27.9. The standard InChI is InChI=1S/C17H9Br2N5O2S/c18-10-2-1-9(7-11(10)19)21-12-13(15(26)14(12)25)22-17-24-23-16(27-17)8-3-5-20-6-4-8/h1-7,21H,(H,22,24). The molecule has 27 heavy (non-hydrogen) atoms. The minimum Gasteiger partial charge on any atom is -0.350 e. The molecule has 0 aliphatic rings. The summed E-state index contributed by atoms with van der Waals surface area (Å²) in [6.45, 7) is 0. The lowest BCUT2D eigenvalue weighted by Crippen LogP contribution is -2.35. The molecule has 0 fully saturated rings. The van der Waals surface area contributed by atoms with Crippen LogP contribution in [0.15, 0.2) is 61.3 Å². The molecule has 4 rings (SSSR count). The van der Waals surface area contributed by atoms with Gasteiger partial charge in [0, 0.05) is 32.6 Å². The second-order valence-electron chi connectivity index (χ2n) is 5.44. The van der Waals surface area contributed by atoms with E-state index in [4.69, 9.17) is 0 Å². The molecule has 4 aromatic rings. The van der Waals surface area contributed by atoms with Crippen LogP contribution in [-0.4, -0.2) is 15.2 Å². The number of rotatable bonds is 5. The van der Waals surface area contributed by atoms with E-state index < -0.39 is 10.9 Å². The molecule has 2 N–H and O–H groups in total. The van der Waals surface area contributed by atoms with Gasteiger partial charge in [0.25, 0.3) is 10.9 Å². The van der Waals surface area contributed by atoms with Crippen molar-refractivity contribution in [3.63, 3.8) is 0 Å². The highest BCUT2D eigenvalue weighted by molar-refractivity contribution is 9.13. The van der Waals surface area contributed by atoms with Crippen LogP contribution in [0.25, 0.3) is 10.6 Å². The van der Waals surface area contributed by atoms with Crippen LogP contribution in [-0.2, 0) is 0 Å². The van der Waals surface area contributed by atoms with Crippen molar-refractivity contribution in [2.24, 2.45) is 0 Å². The van der Waals surface area contributed by atoms with E-state index in [0.29, 0.717) is 15.8 Å². The summed E-state index contributed by atoms with van der Waals surface area (Å²) < 4.78 is 1.71. The second kappa shape index (κ2) is 7.29. The number of nitrogens with one attached hydrogen (secondary N) is 2. The topological polar surface area (TPSA) is 96.9 Å². The van der Waals surface area contributed by atoms with Crippen LogP contribution in [0.2, 0.25) is 0 Å². The molecule has 0 saturated heterocycles. The molecule has 0 unspecified atom stereocenters. The summed E-state index contributed by atoms with van der Waals surface area (Å²) in [5.74, 6) is 0. The summed E-state index contributed by atoms with van der Waals surface area (Å²) >= 11 is 8.07. The van der Waals surface area contributed by atoms with Crippen molar-refractivity contribution in [1.82, 2.24) is 15.2 Å². The van der Waals surface area contributed by atoms with Crippen molar-refractivity contribution in [3.05, 3.63) is 72.1 Å². The van der Waals surface area contributed by atoms with Crippen molar-refractivity contribution in [2.75, 3.05) is 10.6 Å². The molecule has 0 aliphatic carbocycles. The molecule has 10 heteroatoms. The number of anilines is 4. The molecule has 134 valence electrons. The Hall–Kier alpha value is -2.43. The molecule has 0 atom stereocenters. The fourth-order valence-electron chi connectivity index (χ4n) is 2.34. The molecule has 2 heterocycles. The second-order valence-corrected chi connectivity index (χ2v) is 8.12. The molecule has 0 amide bonds. The van der Waals surface area contributed by atoms with Gasteiger partial charge in [0.2, 0.25) is 5.13 Å². The predicted octanol–water partition coefficient (Wildman–Crippen LogP) is 4.21. The van der Waals surface area contributed by atoms with E-state index in [9.17, 15) is 9.59 Å². The molecular weight excluding hydrogens is 498 g/mol. The molecule has 2 aromatic carbocycles. The number of halogens is 2. The largest absolute Gasteiger partial charge is 0.350 e. The first-order valence-corrected chi connectivity index (χ1v) is 9.99. The van der Waals surface area contributed by atoms with E-state index in [-0.39, 0.29) is 11.4 Å². The van der Waals surface area contributed by atoms with Crippen molar-refractivity contribution >= 4 is 65.4 Å². The van der Waals surface area contributed by atoms with Crippen molar-refractivity contribution in [1.29, 1.82) is 0 Å². The van der Waals surface area contributed by atoms with E-state index in [0.717, 1.165) is 14.5 Å². The predicted molar refractivity (Wildman–Crippen MR) is 113 cm³/mol. The summed E-state index contributed by atoms with van der Waals surface area (Å²) in [5, 5.41) is 15.1. The van der Waals surface area contributed by atoms with Gasteiger partial charge in [-0.25, -0.2) is 0 Å². The number of nitrogens with zero attached hydrogens (tertiary/aromatic N) is 3. The first kappa shape index (κ1) is 18.0. The van der Waals surface area contributed by atoms with E-state index in [1.54, 1.807) is 24.5 Å². The molecule has 0 saturated carbocycles. The molecule has 7 nitrogen and oxygen atoms in total. The Balaban J connectivity index is 1.58. The highest BCUT2D eigenvalue weighted by atomic mass is 79.9. The van der Waals surface area contributed by atoms with Gasteiger partial charge in [0.15, 0.2) is 0 Å². The summed E-state index contributed by atoms with van der Waals surface area (Å²) in [6, 6.07) is 9.07. The maximum absolute atomic E-state index is 12.0. The van der Waals surface area contributed by atoms with Crippen LogP contribution in [0.1, 0.15) is 0 Å². The van der Waals surface area contributed by atoms with E-state index >= 15 is 0 Å². The number of hydrogen-bond acceptors (Lipinski definition) is 8. The Morgan fingerprint density at radius 3 is 2.26 bits per heavy atom. The number of hydrogen-bond donors (Lipinski definition) is 2. The van der Waals surface area contributed by atoms with E-state index in [2.05, 4.69) is 57.7 Å². The molecule has 0 bridgehead atoms. The lowest BCUT2D eigenvalue weighted by molar-refractivity contribution is 1.09. The Kier molecular flexibility index (Phi) is 4.85. The van der Waals surface area contributed by atoms with Crippen LogP contribution in [0.3, 0.4) is 0 Å². The van der Waals surface area contributed by atoms with Gasteiger partial charge in [0.05, 0.1) is 0 Å². The Morgan fingerprint density at radius 2 is 1.56 bits per heavy atom. The SMILES string of the molecule is O=c1c(Nc2ccc(Br)c(Br)c2)c(Nc2nnc(-c3ccncc3)s2)c1=O. The number of aromatic nitrogens is 3. The highest BCUT2D eigenvalue weighted by Crippen LogP contribution is 2.31. The van der Waals surface area contributed by atoms with Gasteiger partial charge >= 0.3 is 0 Å². The van der Waals surface area contributed by atoms with Crippen LogP contribution < -0.4 is 21.5 Å². The molecular formula is C17H9Br2N5O2S. The first-order valence-electron chi connectivity index (χ1n) is 7.59. The zero-order valence-corrected chi connectivity index (χ0v) is 17.4. The lowest BCUT2D eigenvalue weighted by atomic mass is 10.2. The van der Waals surface area contributed by atoms with Gasteiger partial charge in [0.1, 0.15) is 16.4 Å². The molecule has 0 aliphatic heterocycles. The summed E-state index contributed by atoms with van der Waals surface area (Å²) in [5.41, 5.74) is 0.768. The fourth-order valence-corrected chi connectivity index (χ4v) is 3.72. The van der Waals surface area contributed by atoms with Gasteiger partial charge in [-0.05, 0) is 62.2 Å². The normalized spacial score (nSPS) is 10.9. The zero-order valence-electron chi connectivity index (χ0n) is 13.4. The van der Waals surface area contributed by atoms with E-state index in [1.807, 2.05) is 18.2 Å². The lowest BCUT2D eigenvalue weighted by Gasteiger charge is -2.13. The van der Waals surface area contributed by atoms with Gasteiger partial charge in [-0.2, -0.15) is 0 Å². The third kappa shape index (κ3) is 3.55. The summed E-state index contributed by atoms with van der Waals surface area (Å²) in [6.07, 6.45) is 3.33. The number of pyridine rings is 1. The van der Waals surface area contributed by atoms with Gasteiger partial charge in [-0.1, -0.05) is 11.3 Å². The third-order valence-corrected chi connectivity index (χ3v) is 6.45. The first-order chi connectivity index (χ1) is 13.0. The van der Waals surface area contributed by atoms with Crippen LogP contribution in [0, 0.1) is 0 Å². The monoisotopic (exact) mass is 505 g/mol.